The zero-order chi connectivity index (χ0) is 18.1. The van der Waals surface area contributed by atoms with E-state index in [1.54, 1.807) is 0 Å². The number of quaternary nitrogens is 1. The Labute approximate surface area is 144 Å². The second kappa shape index (κ2) is 16.3. The molecule has 0 saturated carbocycles. The Morgan fingerprint density at radius 3 is 1.17 bits per heavy atom. The lowest BCUT2D eigenvalue weighted by atomic mass is 10.1. The summed E-state index contributed by atoms with van der Waals surface area (Å²) in [7, 11) is 0. The van der Waals surface area contributed by atoms with Gasteiger partial charge in [0.05, 0.1) is 38.3 Å². The number of carboxylic acid groups (broad SMARTS) is 1. The average molecular weight is 332 g/mol. The van der Waals surface area contributed by atoms with Crippen molar-refractivity contribution < 1.29 is 19.5 Å². The minimum atomic E-state index is -1.44. The second-order valence-corrected chi connectivity index (χ2v) is 6.65. The number of carboxylic acids is 1. The summed E-state index contributed by atoms with van der Waals surface area (Å²) in [6, 6.07) is 0. The van der Waals surface area contributed by atoms with Crippen LogP contribution in [0.4, 0.5) is 0 Å². The lowest BCUT2D eigenvalue weighted by Gasteiger charge is -2.39. The normalized spacial score (nSPS) is 12.4. The monoisotopic (exact) mass is 331 g/mol. The van der Waals surface area contributed by atoms with Gasteiger partial charge in [0.2, 0.25) is 0 Å². The van der Waals surface area contributed by atoms with Crippen molar-refractivity contribution in [2.45, 2.75) is 92.1 Å². The number of carbonyl (C=O) groups excluding carboxylic acids is 1. The molecule has 1 atom stereocenters. The van der Waals surface area contributed by atoms with Gasteiger partial charge in [-0.05, 0) is 32.6 Å². The van der Waals surface area contributed by atoms with Crippen LogP contribution < -0.4 is 5.11 Å². The van der Waals surface area contributed by atoms with Gasteiger partial charge in [0.15, 0.2) is 0 Å². The summed E-state index contributed by atoms with van der Waals surface area (Å²) in [5.74, 6) is -1.44. The van der Waals surface area contributed by atoms with Crippen molar-refractivity contribution in [3.8, 4) is 0 Å². The van der Waals surface area contributed by atoms with Crippen LogP contribution in [0.25, 0.3) is 0 Å². The van der Waals surface area contributed by atoms with Crippen molar-refractivity contribution in [2.75, 3.05) is 26.2 Å². The molecule has 0 rings (SSSR count). The fourth-order valence-electron chi connectivity index (χ4n) is 2.64. The lowest BCUT2D eigenvalue weighted by Crippen LogP contribution is -2.50. The number of nitrogens with zero attached hydrogens (tertiary/aromatic N) is 1. The molecule has 0 radical (unpaired) electrons. The van der Waals surface area contributed by atoms with E-state index in [1.807, 2.05) is 0 Å². The first-order valence-corrected chi connectivity index (χ1v) is 9.63. The van der Waals surface area contributed by atoms with Crippen LogP contribution in [0.1, 0.15) is 86.0 Å². The molecule has 0 spiro atoms. The molecule has 0 aliphatic carbocycles. The van der Waals surface area contributed by atoms with E-state index in [1.165, 1.54) is 82.0 Å². The van der Waals surface area contributed by atoms with Crippen molar-refractivity contribution in [2.24, 2.45) is 0 Å². The van der Waals surface area contributed by atoms with Gasteiger partial charge < -0.3 is 19.5 Å². The molecule has 0 unspecified atom stereocenters. The molecule has 0 aromatic rings. The SMILES string of the molecule is CCCC[N+](CCCC)(CCCC)CCCC.C[C@H](O)C(=O)[O-]. The maximum atomic E-state index is 9.34. The maximum Gasteiger partial charge on any atom is 0.0905 e. The highest BCUT2D eigenvalue weighted by molar-refractivity contribution is 5.68. The highest BCUT2D eigenvalue weighted by Gasteiger charge is 2.24. The topological polar surface area (TPSA) is 60.4 Å². The predicted molar refractivity (Wildman–Crippen MR) is 96.0 cm³/mol. The summed E-state index contributed by atoms with van der Waals surface area (Å²) in [6.45, 7) is 16.2. The molecule has 0 aromatic heterocycles. The van der Waals surface area contributed by atoms with Crippen LogP contribution in [-0.4, -0.2) is 47.8 Å². The fraction of sp³-hybridized carbons (Fsp3) is 0.947. The molecule has 23 heavy (non-hydrogen) atoms. The van der Waals surface area contributed by atoms with Crippen molar-refractivity contribution in [1.29, 1.82) is 0 Å². The Bertz CT molecular complexity index is 230. The predicted octanol–water partition coefficient (Wildman–Crippen LogP) is 3.12. The third-order valence-corrected chi connectivity index (χ3v) is 4.29. The Balaban J connectivity index is 0. The summed E-state index contributed by atoms with van der Waals surface area (Å²) in [6.07, 6.45) is 9.72. The van der Waals surface area contributed by atoms with E-state index >= 15 is 0 Å². The van der Waals surface area contributed by atoms with Gasteiger partial charge >= 0.3 is 0 Å². The van der Waals surface area contributed by atoms with Gasteiger partial charge in [0, 0.05) is 0 Å². The molecule has 0 aliphatic rings. The van der Waals surface area contributed by atoms with Crippen molar-refractivity contribution in [1.82, 2.24) is 0 Å². The van der Waals surface area contributed by atoms with E-state index in [9.17, 15) is 9.90 Å². The molecule has 0 amide bonds. The second-order valence-electron chi connectivity index (χ2n) is 6.65. The standard InChI is InChI=1S/C16H36N.C3H6O3/c1-5-9-13-17(14-10-6-2,15-11-7-3)16-12-8-4;1-2(4)3(5)6/h5-16H2,1-4H3;2,4H,1H3,(H,5,6)/q+1;/p-1/t;2-/m.0/s1. The van der Waals surface area contributed by atoms with Gasteiger partial charge in [-0.2, -0.15) is 0 Å². The average Bonchev–Trinajstić information content (AvgIpc) is 2.54. The van der Waals surface area contributed by atoms with E-state index in [-0.39, 0.29) is 0 Å². The summed E-state index contributed by atoms with van der Waals surface area (Å²) < 4.78 is 1.42. The number of aliphatic hydroxyl groups excluding tert-OH is 1. The highest BCUT2D eigenvalue weighted by atomic mass is 16.4. The highest BCUT2D eigenvalue weighted by Crippen LogP contribution is 2.16. The first-order valence-electron chi connectivity index (χ1n) is 9.63. The molecule has 0 aromatic carbocycles. The Kier molecular flexibility index (Phi) is 17.4. The minimum absolute atomic E-state index is 1.13. The molecule has 0 fully saturated rings. The molecule has 4 nitrogen and oxygen atoms in total. The zero-order valence-corrected chi connectivity index (χ0v) is 16.3. The van der Waals surface area contributed by atoms with Crippen LogP contribution in [0.3, 0.4) is 0 Å². The number of aliphatic carboxylic acids is 1. The smallest absolute Gasteiger partial charge is 0.0905 e. The zero-order valence-electron chi connectivity index (χ0n) is 16.3. The molecule has 0 aliphatic heterocycles. The Morgan fingerprint density at radius 2 is 1.04 bits per heavy atom. The number of rotatable bonds is 13. The first kappa shape index (κ1) is 24.6. The van der Waals surface area contributed by atoms with Crippen molar-refractivity contribution in [3.05, 3.63) is 0 Å². The quantitative estimate of drug-likeness (QED) is 0.528. The van der Waals surface area contributed by atoms with E-state index in [4.69, 9.17) is 5.11 Å². The molecule has 140 valence electrons. The molecule has 0 heterocycles. The van der Waals surface area contributed by atoms with Crippen LogP contribution in [0.15, 0.2) is 0 Å². The fourth-order valence-corrected chi connectivity index (χ4v) is 2.64. The molecule has 1 N–H and O–H groups in total. The van der Waals surface area contributed by atoms with Crippen molar-refractivity contribution >= 4 is 5.97 Å². The van der Waals surface area contributed by atoms with Crippen LogP contribution >= 0.6 is 0 Å². The van der Waals surface area contributed by atoms with Crippen LogP contribution in [0, 0.1) is 0 Å². The summed E-state index contributed by atoms with van der Waals surface area (Å²) in [4.78, 5) is 9.34. The van der Waals surface area contributed by atoms with Gasteiger partial charge in [-0.25, -0.2) is 0 Å². The molecule has 4 heteroatoms. The van der Waals surface area contributed by atoms with Gasteiger partial charge in [0.25, 0.3) is 0 Å². The van der Waals surface area contributed by atoms with Crippen LogP contribution in [0.2, 0.25) is 0 Å². The summed E-state index contributed by atoms with van der Waals surface area (Å²) >= 11 is 0. The maximum absolute atomic E-state index is 9.34. The molecule has 0 bridgehead atoms. The Hall–Kier alpha value is -0.610. The van der Waals surface area contributed by atoms with Gasteiger partial charge in [0.1, 0.15) is 0 Å². The summed E-state index contributed by atoms with van der Waals surface area (Å²) in [5, 5.41) is 17.3. The van der Waals surface area contributed by atoms with Crippen LogP contribution in [-0.2, 0) is 4.79 Å². The van der Waals surface area contributed by atoms with E-state index in [0.717, 1.165) is 6.92 Å². The van der Waals surface area contributed by atoms with Gasteiger partial charge in [-0.15, -0.1) is 0 Å². The molecule has 0 saturated heterocycles. The third kappa shape index (κ3) is 14.7. The van der Waals surface area contributed by atoms with E-state index in [0.29, 0.717) is 0 Å². The van der Waals surface area contributed by atoms with Gasteiger partial charge in [-0.1, -0.05) is 53.4 Å². The van der Waals surface area contributed by atoms with Crippen molar-refractivity contribution in [3.63, 3.8) is 0 Å². The number of aliphatic hydroxyl groups is 1. The number of carbonyl (C=O) groups is 1. The van der Waals surface area contributed by atoms with Gasteiger partial charge in [-0.3, -0.25) is 0 Å². The number of hydrogen-bond acceptors (Lipinski definition) is 3. The number of hydrogen-bond donors (Lipinski definition) is 1. The third-order valence-electron chi connectivity index (χ3n) is 4.29. The first-order chi connectivity index (χ1) is 10.9. The Morgan fingerprint density at radius 1 is 0.826 bits per heavy atom. The largest absolute Gasteiger partial charge is 0.547 e. The van der Waals surface area contributed by atoms with Crippen LogP contribution in [0.5, 0.6) is 0 Å². The molecular formula is C19H41NO3. The van der Waals surface area contributed by atoms with E-state index < -0.39 is 12.1 Å². The summed E-state index contributed by atoms with van der Waals surface area (Å²) in [5.41, 5.74) is 0. The van der Waals surface area contributed by atoms with E-state index in [2.05, 4.69) is 27.7 Å². The minimum Gasteiger partial charge on any atom is -0.547 e. The number of unbranched alkanes of at least 4 members (excludes halogenated alkanes) is 4. The molecular weight excluding hydrogens is 290 g/mol. The lowest BCUT2D eigenvalue weighted by molar-refractivity contribution is -0.929.